The van der Waals surface area contributed by atoms with Crippen molar-refractivity contribution in [1.29, 1.82) is 0 Å². The number of piperidine rings is 2. The Kier molecular flexibility index (Phi) is 7.87. The molecule has 1 aromatic carbocycles. The maximum Gasteiger partial charge on any atom is 0.310 e. The first-order valence-electron chi connectivity index (χ1n) is 13.2. The highest BCUT2D eigenvalue weighted by atomic mass is 32.1. The molecule has 200 valence electrons. The fourth-order valence-corrected chi connectivity index (χ4v) is 6.22. The van der Waals surface area contributed by atoms with Crippen molar-refractivity contribution in [2.75, 3.05) is 32.8 Å². The number of likely N-dealkylation sites (tertiary alicyclic amines) is 2. The Morgan fingerprint density at radius 1 is 1.05 bits per heavy atom. The molecule has 4 heterocycles. The largest absolute Gasteiger partial charge is 0.466 e. The number of carbonyl (C=O) groups is 3. The van der Waals surface area contributed by atoms with E-state index in [-0.39, 0.29) is 29.6 Å². The number of ether oxygens (including phenoxy) is 1. The molecule has 2 amide bonds. The number of benzene rings is 1. The van der Waals surface area contributed by atoms with Gasteiger partial charge < -0.3 is 19.1 Å². The number of carbonyl (C=O) groups excluding carboxylic acids is 3. The highest BCUT2D eigenvalue weighted by Crippen LogP contribution is 2.33. The second-order valence-electron chi connectivity index (χ2n) is 9.81. The maximum atomic E-state index is 13.4. The number of hydrogen-bond donors (Lipinski definition) is 0. The third-order valence-corrected chi connectivity index (χ3v) is 8.33. The van der Waals surface area contributed by atoms with Gasteiger partial charge in [-0.2, -0.15) is 0 Å². The van der Waals surface area contributed by atoms with E-state index in [2.05, 4.69) is 10.1 Å². The van der Waals surface area contributed by atoms with Gasteiger partial charge in [-0.25, -0.2) is 4.98 Å². The van der Waals surface area contributed by atoms with Gasteiger partial charge in [0.2, 0.25) is 0 Å². The van der Waals surface area contributed by atoms with Gasteiger partial charge in [0, 0.05) is 43.0 Å². The number of thiazole rings is 1. The Hall–Kier alpha value is -3.53. The first-order chi connectivity index (χ1) is 18.5. The van der Waals surface area contributed by atoms with Crippen LogP contribution in [0.25, 0.3) is 11.3 Å². The van der Waals surface area contributed by atoms with Gasteiger partial charge in [0.05, 0.1) is 17.5 Å². The molecule has 2 aliphatic heterocycles. The number of aromatic nitrogens is 2. The van der Waals surface area contributed by atoms with Crippen LogP contribution in [0.1, 0.15) is 70.1 Å². The van der Waals surface area contributed by atoms with Crippen molar-refractivity contribution in [3.63, 3.8) is 0 Å². The summed E-state index contributed by atoms with van der Waals surface area (Å²) in [6.45, 7) is 6.09. The molecular formula is C28H32N4O5S. The van der Waals surface area contributed by atoms with Gasteiger partial charge in [0.15, 0.2) is 0 Å². The summed E-state index contributed by atoms with van der Waals surface area (Å²) >= 11 is 1.49. The van der Waals surface area contributed by atoms with Crippen molar-refractivity contribution in [2.24, 2.45) is 5.92 Å². The van der Waals surface area contributed by atoms with Gasteiger partial charge in [0.1, 0.15) is 22.7 Å². The molecule has 1 unspecified atom stereocenters. The zero-order valence-corrected chi connectivity index (χ0v) is 22.5. The average molecular weight is 537 g/mol. The zero-order chi connectivity index (χ0) is 26.6. The second-order valence-corrected chi connectivity index (χ2v) is 10.7. The normalized spacial score (nSPS) is 18.4. The fraction of sp³-hybridized carbons (Fsp3) is 0.464. The molecule has 0 bridgehead atoms. The standard InChI is InChI=1S/C28H32N4O5S/c1-3-36-28(35)21-10-7-13-32(16-21)26(33)22-17-38-25(29-22)20-11-14-31(15-12-20)27(34)23-18(2)37-30-24(23)19-8-5-4-6-9-19/h4-6,8-9,17,20-21H,3,7,10-16H2,1-2H3. The van der Waals surface area contributed by atoms with E-state index in [0.717, 1.165) is 36.3 Å². The lowest BCUT2D eigenvalue weighted by Crippen LogP contribution is -2.43. The van der Waals surface area contributed by atoms with Crippen LogP contribution in [0.15, 0.2) is 40.2 Å². The van der Waals surface area contributed by atoms with Crippen LogP contribution in [-0.2, 0) is 9.53 Å². The van der Waals surface area contributed by atoms with Gasteiger partial charge in [-0.05, 0) is 39.5 Å². The van der Waals surface area contributed by atoms with E-state index >= 15 is 0 Å². The van der Waals surface area contributed by atoms with Crippen LogP contribution < -0.4 is 0 Å². The molecule has 0 aliphatic carbocycles. The molecule has 2 saturated heterocycles. The molecule has 2 aromatic heterocycles. The number of aryl methyl sites for hydroxylation is 1. The monoisotopic (exact) mass is 536 g/mol. The maximum absolute atomic E-state index is 13.4. The minimum Gasteiger partial charge on any atom is -0.466 e. The van der Waals surface area contributed by atoms with Crippen molar-refractivity contribution in [3.05, 3.63) is 57.7 Å². The summed E-state index contributed by atoms with van der Waals surface area (Å²) in [5, 5.41) is 6.89. The van der Waals surface area contributed by atoms with Crippen LogP contribution in [0.5, 0.6) is 0 Å². The lowest BCUT2D eigenvalue weighted by molar-refractivity contribution is -0.149. The topological polar surface area (TPSA) is 106 Å². The lowest BCUT2D eigenvalue weighted by atomic mass is 9.96. The minimum atomic E-state index is -0.274. The number of hydrogen-bond acceptors (Lipinski definition) is 8. The second kappa shape index (κ2) is 11.5. The molecule has 9 nitrogen and oxygen atoms in total. The van der Waals surface area contributed by atoms with Crippen molar-refractivity contribution >= 4 is 29.1 Å². The number of amides is 2. The van der Waals surface area contributed by atoms with Gasteiger partial charge >= 0.3 is 5.97 Å². The molecule has 0 radical (unpaired) electrons. The first kappa shape index (κ1) is 26.1. The summed E-state index contributed by atoms with van der Waals surface area (Å²) in [6.07, 6.45) is 3.05. The molecule has 0 N–H and O–H groups in total. The Morgan fingerprint density at radius 2 is 1.82 bits per heavy atom. The Bertz CT molecular complexity index is 1300. The van der Waals surface area contributed by atoms with Gasteiger partial charge in [-0.1, -0.05) is 35.5 Å². The van der Waals surface area contributed by atoms with E-state index in [1.807, 2.05) is 40.6 Å². The van der Waals surface area contributed by atoms with Gasteiger partial charge in [0.25, 0.3) is 11.8 Å². The zero-order valence-electron chi connectivity index (χ0n) is 21.7. The molecular weight excluding hydrogens is 504 g/mol. The molecule has 5 rings (SSSR count). The quantitative estimate of drug-likeness (QED) is 0.426. The summed E-state index contributed by atoms with van der Waals surface area (Å²) in [6, 6.07) is 9.59. The van der Waals surface area contributed by atoms with Crippen LogP contribution >= 0.6 is 11.3 Å². The summed E-state index contributed by atoms with van der Waals surface area (Å²) in [4.78, 5) is 47.0. The molecule has 0 saturated carbocycles. The molecule has 0 spiro atoms. The summed E-state index contributed by atoms with van der Waals surface area (Å²) in [5.74, 6) is -0.00666. The van der Waals surface area contributed by atoms with E-state index in [4.69, 9.17) is 9.26 Å². The average Bonchev–Trinajstić information content (AvgIpc) is 3.60. The van der Waals surface area contributed by atoms with E-state index in [9.17, 15) is 14.4 Å². The first-order valence-corrected chi connectivity index (χ1v) is 14.1. The van der Waals surface area contributed by atoms with Crippen molar-refractivity contribution in [2.45, 2.75) is 45.4 Å². The summed E-state index contributed by atoms with van der Waals surface area (Å²) < 4.78 is 10.5. The third kappa shape index (κ3) is 5.36. The van der Waals surface area contributed by atoms with Crippen LogP contribution in [-0.4, -0.2) is 70.5 Å². The SMILES string of the molecule is CCOC(=O)C1CCCN(C(=O)c2csc(C3CCN(C(=O)c4c(-c5ccccc5)noc4C)CC3)n2)C1. The highest BCUT2D eigenvalue weighted by Gasteiger charge is 2.33. The predicted octanol–water partition coefficient (Wildman–Crippen LogP) is 4.54. The number of nitrogens with zero attached hydrogens (tertiary/aromatic N) is 4. The lowest BCUT2D eigenvalue weighted by Gasteiger charge is -2.31. The van der Waals surface area contributed by atoms with E-state index in [0.29, 0.717) is 55.5 Å². The fourth-order valence-electron chi connectivity index (χ4n) is 5.25. The Labute approximate surface area is 225 Å². The molecule has 2 aliphatic rings. The molecule has 3 aromatic rings. The van der Waals surface area contributed by atoms with Gasteiger partial charge in [-0.3, -0.25) is 14.4 Å². The number of esters is 1. The summed E-state index contributed by atoms with van der Waals surface area (Å²) in [7, 11) is 0. The third-order valence-electron chi connectivity index (χ3n) is 7.32. The molecule has 38 heavy (non-hydrogen) atoms. The summed E-state index contributed by atoms with van der Waals surface area (Å²) in [5.41, 5.74) is 2.37. The van der Waals surface area contributed by atoms with E-state index < -0.39 is 0 Å². The predicted molar refractivity (Wildman–Crippen MR) is 142 cm³/mol. The Morgan fingerprint density at radius 3 is 2.55 bits per heavy atom. The Balaban J connectivity index is 1.20. The minimum absolute atomic E-state index is 0.0719. The molecule has 2 fully saturated rings. The smallest absolute Gasteiger partial charge is 0.310 e. The highest BCUT2D eigenvalue weighted by molar-refractivity contribution is 7.09. The van der Waals surface area contributed by atoms with Crippen LogP contribution in [0.2, 0.25) is 0 Å². The van der Waals surface area contributed by atoms with Crippen LogP contribution in [0, 0.1) is 12.8 Å². The molecule has 10 heteroatoms. The van der Waals surface area contributed by atoms with E-state index in [1.54, 1.807) is 18.7 Å². The van der Waals surface area contributed by atoms with Crippen molar-refractivity contribution in [1.82, 2.24) is 19.9 Å². The van der Waals surface area contributed by atoms with Gasteiger partial charge in [-0.15, -0.1) is 11.3 Å². The van der Waals surface area contributed by atoms with Crippen LogP contribution in [0.4, 0.5) is 0 Å². The van der Waals surface area contributed by atoms with E-state index in [1.165, 1.54) is 11.3 Å². The van der Waals surface area contributed by atoms with Crippen molar-refractivity contribution in [3.8, 4) is 11.3 Å². The number of rotatable bonds is 6. The van der Waals surface area contributed by atoms with Crippen molar-refractivity contribution < 1.29 is 23.6 Å². The van der Waals surface area contributed by atoms with Crippen LogP contribution in [0.3, 0.4) is 0 Å². The molecule has 1 atom stereocenters.